The maximum absolute atomic E-state index is 13.4. The van der Waals surface area contributed by atoms with Crippen LogP contribution in [0.25, 0.3) is 0 Å². The molecule has 0 amide bonds. The third-order valence-corrected chi connectivity index (χ3v) is 6.68. The van der Waals surface area contributed by atoms with E-state index in [-0.39, 0.29) is 23.5 Å². The van der Waals surface area contributed by atoms with Crippen molar-refractivity contribution in [2.75, 3.05) is 14.2 Å². The van der Waals surface area contributed by atoms with Gasteiger partial charge in [-0.2, -0.15) is 0 Å². The van der Waals surface area contributed by atoms with Crippen LogP contribution in [0.5, 0.6) is 0 Å². The summed E-state index contributed by atoms with van der Waals surface area (Å²) < 4.78 is 10.2. The number of rotatable bonds is 3. The first kappa shape index (κ1) is 17.0. The zero-order valence-corrected chi connectivity index (χ0v) is 15.1. The fraction of sp³-hybridized carbons (Fsp3) is 0.476. The number of benzene rings is 1. The number of carbonyl (C=O) groups excluding carboxylic acids is 3. The van der Waals surface area contributed by atoms with E-state index in [1.165, 1.54) is 14.2 Å². The third-order valence-electron chi connectivity index (χ3n) is 6.68. The van der Waals surface area contributed by atoms with Crippen molar-refractivity contribution >= 4 is 17.7 Å². The molecule has 0 radical (unpaired) electrons. The van der Waals surface area contributed by atoms with Gasteiger partial charge in [0.2, 0.25) is 0 Å². The fourth-order valence-electron chi connectivity index (χ4n) is 5.74. The van der Waals surface area contributed by atoms with E-state index in [9.17, 15) is 14.4 Å². The number of hydrogen-bond donors (Lipinski definition) is 0. The SMILES string of the molecule is COC(=O)[C@@H]1[C@@H]2C=C[C@@H](C2)[C@@]1(C(=O)OC)[C@H]1C(=O)c2ccccc2[C@@H]1C. The Labute approximate surface area is 152 Å². The highest BCUT2D eigenvalue weighted by molar-refractivity contribution is 6.07. The Hall–Kier alpha value is -2.43. The van der Waals surface area contributed by atoms with E-state index < -0.39 is 29.2 Å². The van der Waals surface area contributed by atoms with Crippen LogP contribution in [-0.2, 0) is 19.1 Å². The molecule has 1 aromatic rings. The van der Waals surface area contributed by atoms with Crippen molar-refractivity contribution in [1.82, 2.24) is 0 Å². The molecule has 26 heavy (non-hydrogen) atoms. The van der Waals surface area contributed by atoms with Gasteiger partial charge in [-0.15, -0.1) is 0 Å². The first-order valence-electron chi connectivity index (χ1n) is 8.96. The van der Waals surface area contributed by atoms with Crippen LogP contribution in [0.1, 0.15) is 35.2 Å². The van der Waals surface area contributed by atoms with Crippen molar-refractivity contribution < 1.29 is 23.9 Å². The van der Waals surface area contributed by atoms with Gasteiger partial charge in [-0.3, -0.25) is 14.4 Å². The van der Waals surface area contributed by atoms with Gasteiger partial charge in [0.25, 0.3) is 0 Å². The summed E-state index contributed by atoms with van der Waals surface area (Å²) in [5.74, 6) is -2.79. The predicted octanol–water partition coefficient (Wildman–Crippen LogP) is 2.76. The summed E-state index contributed by atoms with van der Waals surface area (Å²) >= 11 is 0. The lowest BCUT2D eigenvalue weighted by Crippen LogP contribution is -2.54. The number of methoxy groups -OCH3 is 2. The summed E-state index contributed by atoms with van der Waals surface area (Å²) in [6.45, 7) is 1.96. The molecule has 0 unspecified atom stereocenters. The van der Waals surface area contributed by atoms with Crippen LogP contribution in [0.2, 0.25) is 0 Å². The molecule has 0 aromatic heterocycles. The summed E-state index contributed by atoms with van der Waals surface area (Å²) in [5.41, 5.74) is 0.362. The highest BCUT2D eigenvalue weighted by Gasteiger charge is 2.70. The molecule has 5 heteroatoms. The lowest BCUT2D eigenvalue weighted by atomic mass is 9.57. The van der Waals surface area contributed by atoms with E-state index in [1.807, 2.05) is 37.3 Å². The summed E-state index contributed by atoms with van der Waals surface area (Å²) in [4.78, 5) is 39.2. The van der Waals surface area contributed by atoms with Gasteiger partial charge in [0, 0.05) is 11.5 Å². The van der Waals surface area contributed by atoms with Crippen LogP contribution in [0.3, 0.4) is 0 Å². The molecule has 6 atom stereocenters. The molecule has 1 saturated carbocycles. The standard InChI is InChI=1S/C21H22O5/c1-11-14-6-4-5-7-15(14)18(22)16(11)21(20(24)26-3)13-9-8-12(10-13)17(21)19(23)25-2/h4-9,11-13,16-17H,10H2,1-3H3/t11-,12+,13-,16+,17-,21+/m0/s1. The molecular weight excluding hydrogens is 332 g/mol. The smallest absolute Gasteiger partial charge is 0.314 e. The molecule has 0 spiro atoms. The van der Waals surface area contributed by atoms with E-state index in [2.05, 4.69) is 0 Å². The minimum Gasteiger partial charge on any atom is -0.469 e. The molecule has 1 fully saturated rings. The van der Waals surface area contributed by atoms with Crippen molar-refractivity contribution in [3.8, 4) is 0 Å². The van der Waals surface area contributed by atoms with E-state index in [0.717, 1.165) is 5.56 Å². The van der Waals surface area contributed by atoms with Crippen molar-refractivity contribution in [2.45, 2.75) is 19.3 Å². The number of Topliss-reactive ketones (excluding diaryl/α,β-unsaturated/α-hetero) is 1. The Kier molecular flexibility index (Phi) is 3.79. The van der Waals surface area contributed by atoms with Gasteiger partial charge in [-0.05, 0) is 29.7 Å². The Balaban J connectivity index is 1.92. The minimum atomic E-state index is -1.21. The predicted molar refractivity (Wildman–Crippen MR) is 93.4 cm³/mol. The van der Waals surface area contributed by atoms with Gasteiger partial charge in [0.1, 0.15) is 0 Å². The lowest BCUT2D eigenvalue weighted by Gasteiger charge is -2.43. The van der Waals surface area contributed by atoms with Gasteiger partial charge in [0.15, 0.2) is 5.78 Å². The topological polar surface area (TPSA) is 69.7 Å². The van der Waals surface area contributed by atoms with Crippen LogP contribution in [0, 0.1) is 29.1 Å². The highest BCUT2D eigenvalue weighted by atomic mass is 16.5. The van der Waals surface area contributed by atoms with Gasteiger partial charge >= 0.3 is 11.9 Å². The normalized spacial score (nSPS) is 36.9. The number of esters is 2. The molecule has 0 aliphatic heterocycles. The molecular formula is C21H22O5. The molecule has 0 heterocycles. The first-order valence-corrected chi connectivity index (χ1v) is 8.96. The second-order valence-electron chi connectivity index (χ2n) is 7.53. The Bertz CT molecular complexity index is 825. The van der Waals surface area contributed by atoms with E-state index in [0.29, 0.717) is 12.0 Å². The van der Waals surface area contributed by atoms with Crippen LogP contribution in [0.15, 0.2) is 36.4 Å². The van der Waals surface area contributed by atoms with Gasteiger partial charge < -0.3 is 9.47 Å². The van der Waals surface area contributed by atoms with Crippen molar-refractivity contribution in [3.05, 3.63) is 47.5 Å². The summed E-state index contributed by atoms with van der Waals surface area (Å²) in [7, 11) is 2.65. The average Bonchev–Trinajstić information content (AvgIpc) is 3.33. The van der Waals surface area contributed by atoms with Crippen LogP contribution >= 0.6 is 0 Å². The average molecular weight is 354 g/mol. The van der Waals surface area contributed by atoms with E-state index in [4.69, 9.17) is 9.47 Å². The zero-order valence-electron chi connectivity index (χ0n) is 15.1. The Morgan fingerprint density at radius 2 is 1.85 bits per heavy atom. The van der Waals surface area contributed by atoms with E-state index in [1.54, 1.807) is 6.07 Å². The van der Waals surface area contributed by atoms with Gasteiger partial charge in [-0.1, -0.05) is 43.3 Å². The Morgan fingerprint density at radius 1 is 1.12 bits per heavy atom. The summed E-state index contributed by atoms with van der Waals surface area (Å²) in [6, 6.07) is 7.46. The summed E-state index contributed by atoms with van der Waals surface area (Å²) in [6.07, 6.45) is 4.62. The van der Waals surface area contributed by atoms with Gasteiger partial charge in [0.05, 0.1) is 25.6 Å². The van der Waals surface area contributed by atoms with Crippen molar-refractivity contribution in [1.29, 1.82) is 0 Å². The monoisotopic (exact) mass is 354 g/mol. The van der Waals surface area contributed by atoms with Crippen LogP contribution < -0.4 is 0 Å². The number of fused-ring (bicyclic) bond motifs is 3. The van der Waals surface area contributed by atoms with Crippen LogP contribution in [-0.4, -0.2) is 31.9 Å². The van der Waals surface area contributed by atoms with Gasteiger partial charge in [-0.25, -0.2) is 0 Å². The molecule has 2 bridgehead atoms. The molecule has 3 aliphatic carbocycles. The third kappa shape index (κ3) is 1.89. The molecule has 136 valence electrons. The molecule has 3 aliphatic rings. The number of ether oxygens (including phenoxy) is 2. The fourth-order valence-corrected chi connectivity index (χ4v) is 5.74. The molecule has 1 aromatic carbocycles. The van der Waals surface area contributed by atoms with Crippen LogP contribution in [0.4, 0.5) is 0 Å². The quantitative estimate of drug-likeness (QED) is 0.617. The molecule has 4 rings (SSSR count). The second-order valence-corrected chi connectivity index (χ2v) is 7.53. The summed E-state index contributed by atoms with van der Waals surface area (Å²) in [5, 5.41) is 0. The Morgan fingerprint density at radius 3 is 2.50 bits per heavy atom. The van der Waals surface area contributed by atoms with E-state index >= 15 is 0 Å². The number of carbonyl (C=O) groups is 3. The largest absolute Gasteiger partial charge is 0.469 e. The molecule has 0 N–H and O–H groups in total. The maximum atomic E-state index is 13.4. The number of allylic oxidation sites excluding steroid dienone is 2. The highest BCUT2D eigenvalue weighted by Crippen LogP contribution is 2.65. The zero-order chi connectivity index (χ0) is 18.6. The first-order chi connectivity index (χ1) is 12.5. The lowest BCUT2D eigenvalue weighted by molar-refractivity contribution is -0.172. The molecule has 5 nitrogen and oxygen atoms in total. The number of ketones is 1. The second kappa shape index (κ2) is 5.79. The van der Waals surface area contributed by atoms with Crippen molar-refractivity contribution in [2.24, 2.45) is 29.1 Å². The maximum Gasteiger partial charge on any atom is 0.314 e. The molecule has 0 saturated heterocycles. The minimum absolute atomic E-state index is 0.0756. The van der Waals surface area contributed by atoms with Crippen molar-refractivity contribution in [3.63, 3.8) is 0 Å². The number of hydrogen-bond acceptors (Lipinski definition) is 5.